The van der Waals surface area contributed by atoms with Gasteiger partial charge < -0.3 is 11.1 Å². The van der Waals surface area contributed by atoms with Crippen molar-refractivity contribution in [2.45, 2.75) is 6.92 Å². The summed E-state index contributed by atoms with van der Waals surface area (Å²) in [5.41, 5.74) is 7.00. The average Bonchev–Trinajstić information content (AvgIpc) is 2.61. The number of nitrogens with two attached hydrogens (primary N) is 1. The molecule has 0 aromatic carbocycles. The number of anilines is 2. The number of carbonyl (C=O) groups is 1. The van der Waals surface area contributed by atoms with Crippen LogP contribution in [0.15, 0.2) is 18.3 Å². The van der Waals surface area contributed by atoms with Crippen LogP contribution < -0.4 is 11.1 Å². The first-order chi connectivity index (χ1) is 8.47. The fourth-order valence-corrected chi connectivity index (χ4v) is 1.72. The molecular weight excluding hydrogens is 254 g/mol. The Balaban J connectivity index is 2.27. The van der Waals surface area contributed by atoms with E-state index in [0.29, 0.717) is 11.5 Å². The van der Waals surface area contributed by atoms with E-state index >= 15 is 0 Å². The van der Waals surface area contributed by atoms with E-state index in [4.69, 9.17) is 17.3 Å². The predicted octanol–water partition coefficient (Wildman–Crippen LogP) is 1.61. The van der Waals surface area contributed by atoms with E-state index in [1.807, 2.05) is 6.92 Å². The summed E-state index contributed by atoms with van der Waals surface area (Å²) in [6.07, 6.45) is 1.40. The van der Waals surface area contributed by atoms with Gasteiger partial charge in [-0.3, -0.25) is 9.48 Å². The molecule has 18 heavy (non-hydrogen) atoms. The van der Waals surface area contributed by atoms with Gasteiger partial charge in [-0.2, -0.15) is 5.10 Å². The number of hydrogen-bond acceptors (Lipinski definition) is 4. The lowest BCUT2D eigenvalue weighted by atomic mass is 10.2. The third kappa shape index (κ3) is 2.43. The van der Waals surface area contributed by atoms with Gasteiger partial charge in [0.15, 0.2) is 0 Å². The van der Waals surface area contributed by atoms with Crippen LogP contribution in [0.5, 0.6) is 0 Å². The van der Waals surface area contributed by atoms with Crippen LogP contribution in [0.4, 0.5) is 11.5 Å². The maximum Gasteiger partial charge on any atom is 0.260 e. The van der Waals surface area contributed by atoms with Gasteiger partial charge in [0.25, 0.3) is 5.91 Å². The third-order valence-corrected chi connectivity index (χ3v) is 2.65. The van der Waals surface area contributed by atoms with Crippen molar-refractivity contribution >= 4 is 29.0 Å². The smallest absolute Gasteiger partial charge is 0.260 e. The largest absolute Gasteiger partial charge is 0.397 e. The molecule has 2 aromatic heterocycles. The summed E-state index contributed by atoms with van der Waals surface area (Å²) in [7, 11) is 1.74. The van der Waals surface area contributed by atoms with Gasteiger partial charge >= 0.3 is 0 Å². The van der Waals surface area contributed by atoms with Gasteiger partial charge in [0, 0.05) is 13.1 Å². The van der Waals surface area contributed by atoms with E-state index in [2.05, 4.69) is 15.4 Å². The van der Waals surface area contributed by atoms with E-state index < -0.39 is 0 Å². The van der Waals surface area contributed by atoms with Crippen molar-refractivity contribution in [3.05, 3.63) is 34.7 Å². The minimum Gasteiger partial charge on any atom is -0.397 e. The lowest BCUT2D eigenvalue weighted by molar-refractivity contribution is 0.102. The van der Waals surface area contributed by atoms with Crippen molar-refractivity contribution in [1.29, 1.82) is 0 Å². The number of aryl methyl sites for hydroxylation is 2. The molecule has 94 valence electrons. The van der Waals surface area contributed by atoms with Crippen molar-refractivity contribution in [3.8, 4) is 0 Å². The van der Waals surface area contributed by atoms with Gasteiger partial charge in [0.2, 0.25) is 0 Å². The predicted molar refractivity (Wildman–Crippen MR) is 69.6 cm³/mol. The van der Waals surface area contributed by atoms with Crippen LogP contribution in [0.25, 0.3) is 0 Å². The average molecular weight is 266 g/mol. The number of carbonyl (C=O) groups excluding carboxylic acids is 1. The summed E-state index contributed by atoms with van der Waals surface area (Å²) >= 11 is 5.85. The second-order valence-corrected chi connectivity index (χ2v) is 4.21. The number of amides is 1. The highest BCUT2D eigenvalue weighted by Crippen LogP contribution is 2.17. The number of halogens is 1. The maximum absolute atomic E-state index is 12.0. The summed E-state index contributed by atoms with van der Waals surface area (Å²) in [5.74, 6) is 0.207. The molecule has 6 nitrogen and oxygen atoms in total. The Morgan fingerprint density at radius 2 is 2.22 bits per heavy atom. The summed E-state index contributed by atoms with van der Waals surface area (Å²) in [6.45, 7) is 1.84. The van der Waals surface area contributed by atoms with Crippen LogP contribution in [0.2, 0.25) is 5.15 Å². The zero-order valence-electron chi connectivity index (χ0n) is 9.94. The Hall–Kier alpha value is -2.08. The van der Waals surface area contributed by atoms with Gasteiger partial charge in [-0.1, -0.05) is 11.6 Å². The number of pyridine rings is 1. The zero-order valence-corrected chi connectivity index (χ0v) is 10.7. The van der Waals surface area contributed by atoms with Crippen LogP contribution in [-0.4, -0.2) is 20.7 Å². The molecule has 0 spiro atoms. The Morgan fingerprint density at radius 1 is 1.50 bits per heavy atom. The van der Waals surface area contributed by atoms with Crippen molar-refractivity contribution < 1.29 is 4.79 Å². The van der Waals surface area contributed by atoms with Crippen LogP contribution in [0.1, 0.15) is 16.1 Å². The summed E-state index contributed by atoms with van der Waals surface area (Å²) in [6, 6.07) is 3.24. The van der Waals surface area contributed by atoms with Crippen molar-refractivity contribution in [2.75, 3.05) is 11.1 Å². The fourth-order valence-electron chi connectivity index (χ4n) is 1.53. The molecule has 0 bridgehead atoms. The number of nitrogens with one attached hydrogen (secondary N) is 1. The molecule has 3 N–H and O–H groups in total. The first-order valence-electron chi connectivity index (χ1n) is 5.20. The highest BCUT2D eigenvalue weighted by molar-refractivity contribution is 6.33. The highest BCUT2D eigenvalue weighted by Gasteiger charge is 2.14. The molecule has 0 aliphatic rings. The normalized spacial score (nSPS) is 10.4. The number of nitrogens with zero attached hydrogens (tertiary/aromatic N) is 3. The molecule has 1 amide bonds. The minimum absolute atomic E-state index is 0.112. The summed E-state index contributed by atoms with van der Waals surface area (Å²) < 4.78 is 1.57. The molecule has 0 aliphatic carbocycles. The maximum atomic E-state index is 12.0. The third-order valence-electron chi connectivity index (χ3n) is 2.35. The highest BCUT2D eigenvalue weighted by atomic mass is 35.5. The second-order valence-electron chi connectivity index (χ2n) is 3.86. The van der Waals surface area contributed by atoms with Crippen molar-refractivity contribution in [3.63, 3.8) is 0 Å². The van der Waals surface area contributed by atoms with E-state index in [-0.39, 0.29) is 16.6 Å². The van der Waals surface area contributed by atoms with Crippen LogP contribution >= 0.6 is 11.6 Å². The second kappa shape index (κ2) is 4.66. The Morgan fingerprint density at radius 3 is 2.83 bits per heavy atom. The molecule has 0 saturated carbocycles. The number of rotatable bonds is 2. The molecule has 0 saturated heterocycles. The van der Waals surface area contributed by atoms with Crippen molar-refractivity contribution in [1.82, 2.24) is 14.8 Å². The van der Waals surface area contributed by atoms with Gasteiger partial charge in [-0.15, -0.1) is 0 Å². The lowest BCUT2D eigenvalue weighted by Gasteiger charge is -2.06. The quantitative estimate of drug-likeness (QED) is 0.808. The monoisotopic (exact) mass is 265 g/mol. The Bertz CT molecular complexity index is 607. The van der Waals surface area contributed by atoms with E-state index in [1.54, 1.807) is 17.8 Å². The molecule has 7 heteroatoms. The molecule has 0 radical (unpaired) electrons. The zero-order chi connectivity index (χ0) is 13.3. The molecule has 0 unspecified atom stereocenters. The van der Waals surface area contributed by atoms with E-state index in [1.165, 1.54) is 12.3 Å². The molecular formula is C11H12ClN5O. The summed E-state index contributed by atoms with van der Waals surface area (Å²) in [5, 5.41) is 6.93. The first kappa shape index (κ1) is 12.4. The van der Waals surface area contributed by atoms with Gasteiger partial charge in [0.1, 0.15) is 11.0 Å². The first-order valence-corrected chi connectivity index (χ1v) is 5.58. The van der Waals surface area contributed by atoms with Crippen molar-refractivity contribution in [2.24, 2.45) is 7.05 Å². The van der Waals surface area contributed by atoms with Crippen LogP contribution in [-0.2, 0) is 7.05 Å². The fraction of sp³-hybridized carbons (Fsp3) is 0.182. The van der Waals surface area contributed by atoms with E-state index in [0.717, 1.165) is 5.69 Å². The Kier molecular flexibility index (Phi) is 3.20. The van der Waals surface area contributed by atoms with E-state index in [9.17, 15) is 4.79 Å². The topological polar surface area (TPSA) is 85.8 Å². The molecule has 0 aliphatic heterocycles. The van der Waals surface area contributed by atoms with Crippen LogP contribution in [0.3, 0.4) is 0 Å². The summed E-state index contributed by atoms with van der Waals surface area (Å²) in [4.78, 5) is 15.8. The molecule has 2 aromatic rings. The van der Waals surface area contributed by atoms with Crippen LogP contribution in [0, 0.1) is 6.92 Å². The number of nitrogen functional groups attached to an aromatic ring is 1. The molecule has 0 fully saturated rings. The number of hydrogen-bond donors (Lipinski definition) is 2. The SMILES string of the molecule is Cc1cc(NC(=O)c2cc(N)cnc2Cl)n(C)n1. The van der Waals surface area contributed by atoms with Gasteiger partial charge in [0.05, 0.1) is 23.1 Å². The van der Waals surface area contributed by atoms with Gasteiger partial charge in [-0.05, 0) is 13.0 Å². The van der Waals surface area contributed by atoms with Gasteiger partial charge in [-0.25, -0.2) is 4.98 Å². The molecule has 2 rings (SSSR count). The number of aromatic nitrogens is 3. The minimum atomic E-state index is -0.372. The molecule has 2 heterocycles. The Labute approximate surface area is 109 Å². The lowest BCUT2D eigenvalue weighted by Crippen LogP contribution is -2.15. The standard InChI is InChI=1S/C11H12ClN5O/c1-6-3-9(17(2)16-6)15-11(18)8-4-7(13)5-14-10(8)12/h3-5H,13H2,1-2H3,(H,15,18). The molecule has 0 atom stereocenters.